The van der Waals surface area contributed by atoms with Crippen molar-refractivity contribution in [1.82, 2.24) is 0 Å². The number of ether oxygens (including phenoxy) is 2. The van der Waals surface area contributed by atoms with Gasteiger partial charge in [-0.25, -0.2) is 4.79 Å². The number of amides is 1. The third-order valence-electron chi connectivity index (χ3n) is 3.78. The van der Waals surface area contributed by atoms with Crippen LogP contribution >= 0.6 is 0 Å². The Morgan fingerprint density at radius 1 is 1.19 bits per heavy atom. The van der Waals surface area contributed by atoms with E-state index in [4.69, 9.17) is 4.74 Å². The number of nitrogens with one attached hydrogen (secondary N) is 1. The van der Waals surface area contributed by atoms with Crippen LogP contribution in [0, 0.1) is 24.0 Å². The zero-order chi connectivity index (χ0) is 19.3. The highest BCUT2D eigenvalue weighted by Gasteiger charge is 2.18. The molecular weight excluding hydrogens is 340 g/mol. The standard InChI is InChI=1S/C18H18N2O6/c1-11-9-13(26-10-17(21)25-3)7-8-15(11)19-18(22)14-5-4-6-16(12(14)2)20(23)24/h4-9H,10H2,1-3H3,(H,19,22). The van der Waals surface area contributed by atoms with E-state index in [9.17, 15) is 19.7 Å². The van der Waals surface area contributed by atoms with Crippen LogP contribution < -0.4 is 10.1 Å². The second-order valence-electron chi connectivity index (χ2n) is 5.50. The number of nitro benzene ring substituents is 1. The molecule has 0 unspecified atom stereocenters. The highest BCUT2D eigenvalue weighted by Crippen LogP contribution is 2.25. The molecule has 0 radical (unpaired) electrons. The minimum Gasteiger partial charge on any atom is -0.482 e. The Labute approximate surface area is 149 Å². The van der Waals surface area contributed by atoms with Gasteiger partial charge in [0.1, 0.15) is 5.75 Å². The number of benzene rings is 2. The number of hydrogen-bond acceptors (Lipinski definition) is 6. The summed E-state index contributed by atoms with van der Waals surface area (Å²) in [5.41, 5.74) is 1.66. The maximum absolute atomic E-state index is 12.5. The summed E-state index contributed by atoms with van der Waals surface area (Å²) in [6, 6.07) is 9.25. The van der Waals surface area contributed by atoms with Gasteiger partial charge in [-0.2, -0.15) is 0 Å². The fourth-order valence-corrected chi connectivity index (χ4v) is 2.32. The average molecular weight is 358 g/mol. The van der Waals surface area contributed by atoms with Gasteiger partial charge in [0.15, 0.2) is 6.61 Å². The van der Waals surface area contributed by atoms with Crippen molar-refractivity contribution >= 4 is 23.3 Å². The molecule has 0 saturated heterocycles. The minimum absolute atomic E-state index is 0.110. The number of hydrogen-bond donors (Lipinski definition) is 1. The summed E-state index contributed by atoms with van der Waals surface area (Å²) in [6.45, 7) is 3.08. The van der Waals surface area contributed by atoms with E-state index in [1.54, 1.807) is 25.1 Å². The number of nitro groups is 1. The fourth-order valence-electron chi connectivity index (χ4n) is 2.32. The SMILES string of the molecule is COC(=O)COc1ccc(NC(=O)c2cccc([N+](=O)[O-])c2C)c(C)c1. The van der Waals surface area contributed by atoms with Crippen molar-refractivity contribution in [2.45, 2.75) is 13.8 Å². The van der Waals surface area contributed by atoms with Crippen LogP contribution in [-0.4, -0.2) is 30.5 Å². The number of anilines is 1. The van der Waals surface area contributed by atoms with E-state index in [2.05, 4.69) is 10.1 Å². The zero-order valence-electron chi connectivity index (χ0n) is 14.6. The molecule has 0 aliphatic carbocycles. The molecule has 0 fully saturated rings. The van der Waals surface area contributed by atoms with Crippen molar-refractivity contribution in [1.29, 1.82) is 0 Å². The average Bonchev–Trinajstić information content (AvgIpc) is 2.61. The topological polar surface area (TPSA) is 108 Å². The van der Waals surface area contributed by atoms with Gasteiger partial charge in [0.05, 0.1) is 12.0 Å². The Bertz CT molecular complexity index is 863. The van der Waals surface area contributed by atoms with Gasteiger partial charge in [-0.1, -0.05) is 6.07 Å². The largest absolute Gasteiger partial charge is 0.482 e. The fraction of sp³-hybridized carbons (Fsp3) is 0.222. The van der Waals surface area contributed by atoms with Gasteiger partial charge >= 0.3 is 5.97 Å². The molecule has 0 aliphatic heterocycles. The van der Waals surface area contributed by atoms with Gasteiger partial charge in [0, 0.05) is 22.9 Å². The molecule has 1 amide bonds. The number of rotatable bonds is 6. The van der Waals surface area contributed by atoms with Crippen LogP contribution in [0.4, 0.5) is 11.4 Å². The van der Waals surface area contributed by atoms with E-state index in [-0.39, 0.29) is 17.9 Å². The summed E-state index contributed by atoms with van der Waals surface area (Å²) in [4.78, 5) is 34.1. The lowest BCUT2D eigenvalue weighted by Gasteiger charge is -2.12. The number of aryl methyl sites for hydroxylation is 1. The number of carbonyl (C=O) groups excluding carboxylic acids is 2. The number of esters is 1. The smallest absolute Gasteiger partial charge is 0.343 e. The lowest BCUT2D eigenvalue weighted by Crippen LogP contribution is -2.15. The molecule has 0 saturated carbocycles. The van der Waals surface area contributed by atoms with Crippen LogP contribution in [-0.2, 0) is 9.53 Å². The molecule has 136 valence electrons. The Balaban J connectivity index is 2.16. The van der Waals surface area contributed by atoms with Crippen molar-refractivity contribution in [3.63, 3.8) is 0 Å². The highest BCUT2D eigenvalue weighted by atomic mass is 16.6. The van der Waals surface area contributed by atoms with Crippen molar-refractivity contribution in [3.05, 3.63) is 63.2 Å². The monoisotopic (exact) mass is 358 g/mol. The molecule has 0 spiro atoms. The first-order valence-corrected chi connectivity index (χ1v) is 7.69. The molecule has 2 rings (SSSR count). The third-order valence-corrected chi connectivity index (χ3v) is 3.78. The lowest BCUT2D eigenvalue weighted by atomic mass is 10.1. The highest BCUT2D eigenvalue weighted by molar-refractivity contribution is 6.06. The molecule has 2 aromatic rings. The number of methoxy groups -OCH3 is 1. The van der Waals surface area contributed by atoms with Crippen molar-refractivity contribution in [3.8, 4) is 5.75 Å². The lowest BCUT2D eigenvalue weighted by molar-refractivity contribution is -0.385. The molecule has 8 nitrogen and oxygen atoms in total. The number of nitrogens with zero attached hydrogens (tertiary/aromatic N) is 1. The van der Waals surface area contributed by atoms with Crippen LogP contribution in [0.2, 0.25) is 0 Å². The summed E-state index contributed by atoms with van der Waals surface area (Å²) in [5, 5.41) is 13.7. The van der Waals surface area contributed by atoms with Crippen LogP contribution in [0.5, 0.6) is 5.75 Å². The van der Waals surface area contributed by atoms with E-state index in [1.807, 2.05) is 0 Å². The van der Waals surface area contributed by atoms with Gasteiger partial charge in [-0.05, 0) is 43.7 Å². The Morgan fingerprint density at radius 2 is 1.92 bits per heavy atom. The predicted molar refractivity (Wildman–Crippen MR) is 94.5 cm³/mol. The molecule has 2 aromatic carbocycles. The quantitative estimate of drug-likeness (QED) is 0.483. The third kappa shape index (κ3) is 4.35. The Morgan fingerprint density at radius 3 is 2.54 bits per heavy atom. The summed E-state index contributed by atoms with van der Waals surface area (Å²) in [6.07, 6.45) is 0. The van der Waals surface area contributed by atoms with Crippen LogP contribution in [0.3, 0.4) is 0 Å². The van der Waals surface area contributed by atoms with Crippen molar-refractivity contribution in [2.75, 3.05) is 19.0 Å². The van der Waals surface area contributed by atoms with Crippen molar-refractivity contribution in [2.24, 2.45) is 0 Å². The molecule has 1 N–H and O–H groups in total. The van der Waals surface area contributed by atoms with Gasteiger partial charge in [0.2, 0.25) is 0 Å². The number of carbonyl (C=O) groups is 2. The van der Waals surface area contributed by atoms with E-state index in [0.717, 1.165) is 0 Å². The maximum Gasteiger partial charge on any atom is 0.343 e. The minimum atomic E-state index is -0.523. The summed E-state index contributed by atoms with van der Waals surface area (Å²) in [7, 11) is 1.27. The molecule has 0 bridgehead atoms. The van der Waals surface area contributed by atoms with Gasteiger partial charge in [-0.15, -0.1) is 0 Å². The van der Waals surface area contributed by atoms with Crippen LogP contribution in [0.15, 0.2) is 36.4 Å². The first-order chi connectivity index (χ1) is 12.3. The normalized spacial score (nSPS) is 10.1. The summed E-state index contributed by atoms with van der Waals surface area (Å²) in [5.74, 6) is -0.490. The predicted octanol–water partition coefficient (Wildman–Crippen LogP) is 3.02. The molecule has 0 heterocycles. The molecule has 0 atom stereocenters. The Hall–Kier alpha value is -3.42. The second kappa shape index (κ2) is 8.11. The van der Waals surface area contributed by atoms with Crippen LogP contribution in [0.1, 0.15) is 21.5 Å². The zero-order valence-corrected chi connectivity index (χ0v) is 14.6. The first kappa shape index (κ1) is 18.9. The second-order valence-corrected chi connectivity index (χ2v) is 5.50. The molecule has 0 aromatic heterocycles. The summed E-state index contributed by atoms with van der Waals surface area (Å²) < 4.78 is 9.78. The van der Waals surface area contributed by atoms with Crippen molar-refractivity contribution < 1.29 is 24.0 Å². The van der Waals surface area contributed by atoms with E-state index < -0.39 is 16.8 Å². The molecule has 0 aliphatic rings. The summed E-state index contributed by atoms with van der Waals surface area (Å²) >= 11 is 0. The molecule has 26 heavy (non-hydrogen) atoms. The van der Waals surface area contributed by atoms with E-state index in [0.29, 0.717) is 22.6 Å². The molecular formula is C18H18N2O6. The van der Waals surface area contributed by atoms with E-state index in [1.165, 1.54) is 32.2 Å². The van der Waals surface area contributed by atoms with Gasteiger partial charge < -0.3 is 14.8 Å². The molecule has 8 heteroatoms. The first-order valence-electron chi connectivity index (χ1n) is 7.69. The van der Waals surface area contributed by atoms with Gasteiger partial charge in [-0.3, -0.25) is 14.9 Å². The maximum atomic E-state index is 12.5. The van der Waals surface area contributed by atoms with Crippen LogP contribution in [0.25, 0.3) is 0 Å². The van der Waals surface area contributed by atoms with E-state index >= 15 is 0 Å². The van der Waals surface area contributed by atoms with Gasteiger partial charge in [0.25, 0.3) is 11.6 Å². The Kier molecular flexibility index (Phi) is 5.90.